The highest BCUT2D eigenvalue weighted by molar-refractivity contribution is 5.97. The van der Waals surface area contributed by atoms with E-state index in [1.54, 1.807) is 24.4 Å². The zero-order valence-corrected chi connectivity index (χ0v) is 9.62. The van der Waals surface area contributed by atoms with Crippen molar-refractivity contribution in [1.82, 2.24) is 9.55 Å². The zero-order valence-electron chi connectivity index (χ0n) is 9.62. The number of nitrogens with zero attached hydrogens (tertiary/aromatic N) is 3. The predicted molar refractivity (Wildman–Crippen MR) is 64.0 cm³/mol. The summed E-state index contributed by atoms with van der Waals surface area (Å²) < 4.78 is 6.08. The van der Waals surface area contributed by atoms with E-state index in [4.69, 9.17) is 11.0 Å². The van der Waals surface area contributed by atoms with Crippen molar-refractivity contribution in [3.63, 3.8) is 0 Å². The van der Waals surface area contributed by atoms with Crippen LogP contribution in [0.5, 0.6) is 0 Å². The number of nitrogens with two attached hydrogens (primary N) is 1. The van der Waals surface area contributed by atoms with Gasteiger partial charge in [-0.3, -0.25) is 4.57 Å². The topological polar surface area (TPSA) is 93.9 Å². The first kappa shape index (κ1) is 11.7. The van der Waals surface area contributed by atoms with Gasteiger partial charge in [0.15, 0.2) is 0 Å². The van der Waals surface area contributed by atoms with E-state index < -0.39 is 5.97 Å². The van der Waals surface area contributed by atoms with Gasteiger partial charge in [0.1, 0.15) is 23.3 Å². The van der Waals surface area contributed by atoms with Gasteiger partial charge in [-0.25, -0.2) is 9.78 Å². The second kappa shape index (κ2) is 4.59. The van der Waals surface area contributed by atoms with Crippen molar-refractivity contribution in [2.75, 3.05) is 12.8 Å². The first-order valence-electron chi connectivity index (χ1n) is 5.09. The van der Waals surface area contributed by atoms with E-state index in [-0.39, 0.29) is 16.9 Å². The average Bonchev–Trinajstić information content (AvgIpc) is 2.76. The lowest BCUT2D eigenvalue weighted by Crippen LogP contribution is -2.08. The van der Waals surface area contributed by atoms with Gasteiger partial charge in [-0.05, 0) is 12.1 Å². The molecule has 0 radical (unpaired) electrons. The van der Waals surface area contributed by atoms with Gasteiger partial charge < -0.3 is 10.5 Å². The summed E-state index contributed by atoms with van der Waals surface area (Å²) in [6, 6.07) is 7.18. The number of hydrogen-bond donors (Lipinski definition) is 1. The molecule has 0 aromatic carbocycles. The molecule has 6 heteroatoms. The molecule has 6 nitrogen and oxygen atoms in total. The Balaban J connectivity index is 2.63. The fourth-order valence-electron chi connectivity index (χ4n) is 1.61. The van der Waals surface area contributed by atoms with Gasteiger partial charge in [-0.1, -0.05) is 6.07 Å². The second-order valence-corrected chi connectivity index (χ2v) is 3.46. The number of carbonyl (C=O) groups is 1. The Morgan fingerprint density at radius 2 is 2.33 bits per heavy atom. The van der Waals surface area contributed by atoms with E-state index in [1.807, 2.05) is 6.07 Å². The third kappa shape index (κ3) is 1.78. The van der Waals surface area contributed by atoms with Crippen LogP contribution in [0.4, 0.5) is 5.82 Å². The maximum atomic E-state index is 11.6. The SMILES string of the molecule is COC(=O)c1c(C#N)cn(-c2ccccn2)c1N. The summed E-state index contributed by atoms with van der Waals surface area (Å²) in [5.41, 5.74) is 6.08. The van der Waals surface area contributed by atoms with Crippen molar-refractivity contribution in [2.24, 2.45) is 0 Å². The first-order valence-corrected chi connectivity index (χ1v) is 5.09. The number of carbonyl (C=O) groups excluding carboxylic acids is 1. The molecule has 0 saturated heterocycles. The number of ether oxygens (including phenoxy) is 1. The molecule has 2 aromatic heterocycles. The molecule has 0 unspecified atom stereocenters. The summed E-state index contributed by atoms with van der Waals surface area (Å²) in [6.45, 7) is 0. The maximum Gasteiger partial charge on any atom is 0.342 e. The van der Waals surface area contributed by atoms with Gasteiger partial charge >= 0.3 is 5.97 Å². The van der Waals surface area contributed by atoms with Crippen LogP contribution in [0, 0.1) is 11.3 Å². The van der Waals surface area contributed by atoms with E-state index in [1.165, 1.54) is 17.9 Å². The van der Waals surface area contributed by atoms with Gasteiger partial charge in [0, 0.05) is 12.4 Å². The minimum absolute atomic E-state index is 0.0608. The molecule has 0 aliphatic rings. The summed E-state index contributed by atoms with van der Waals surface area (Å²) in [6.07, 6.45) is 3.06. The Labute approximate surface area is 103 Å². The van der Waals surface area contributed by atoms with Crippen LogP contribution in [0.2, 0.25) is 0 Å². The van der Waals surface area contributed by atoms with Crippen molar-refractivity contribution < 1.29 is 9.53 Å². The summed E-state index contributed by atoms with van der Waals surface area (Å²) in [4.78, 5) is 15.7. The Kier molecular flexibility index (Phi) is 2.98. The number of hydrogen-bond acceptors (Lipinski definition) is 5. The standard InChI is InChI=1S/C12H10N4O2/c1-18-12(17)10-8(6-13)7-16(11(10)14)9-4-2-3-5-15-9/h2-5,7H,14H2,1H3. The largest absolute Gasteiger partial charge is 0.465 e. The molecular formula is C12H10N4O2. The van der Waals surface area contributed by atoms with E-state index in [0.717, 1.165) is 0 Å². The number of methoxy groups -OCH3 is 1. The van der Waals surface area contributed by atoms with Crippen LogP contribution in [0.3, 0.4) is 0 Å². The maximum absolute atomic E-state index is 11.6. The van der Waals surface area contributed by atoms with Crippen molar-refractivity contribution in [3.05, 3.63) is 41.7 Å². The number of aromatic nitrogens is 2. The third-order valence-corrected chi connectivity index (χ3v) is 2.45. The lowest BCUT2D eigenvalue weighted by molar-refractivity contribution is 0.0602. The summed E-state index contributed by atoms with van der Waals surface area (Å²) >= 11 is 0. The van der Waals surface area contributed by atoms with Gasteiger partial charge in [-0.2, -0.15) is 5.26 Å². The monoisotopic (exact) mass is 242 g/mol. The number of anilines is 1. The van der Waals surface area contributed by atoms with Crippen LogP contribution in [0.25, 0.3) is 5.82 Å². The quantitative estimate of drug-likeness (QED) is 0.796. The molecule has 0 bridgehead atoms. The van der Waals surface area contributed by atoms with E-state index in [0.29, 0.717) is 5.82 Å². The fraction of sp³-hybridized carbons (Fsp3) is 0.0833. The first-order chi connectivity index (χ1) is 8.69. The number of esters is 1. The number of pyridine rings is 1. The Morgan fingerprint density at radius 1 is 1.56 bits per heavy atom. The summed E-state index contributed by atoms with van der Waals surface area (Å²) in [5, 5.41) is 9.00. The van der Waals surface area contributed by atoms with Gasteiger partial charge in [0.05, 0.1) is 12.7 Å². The van der Waals surface area contributed by atoms with Gasteiger partial charge in [-0.15, -0.1) is 0 Å². The van der Waals surface area contributed by atoms with Crippen molar-refractivity contribution in [1.29, 1.82) is 5.26 Å². The van der Waals surface area contributed by atoms with Crippen molar-refractivity contribution >= 4 is 11.8 Å². The number of rotatable bonds is 2. The summed E-state index contributed by atoms with van der Waals surface area (Å²) in [7, 11) is 1.24. The van der Waals surface area contributed by atoms with Gasteiger partial charge in [0.2, 0.25) is 0 Å². The molecule has 90 valence electrons. The molecule has 0 atom stereocenters. The minimum Gasteiger partial charge on any atom is -0.465 e. The van der Waals surface area contributed by atoms with E-state index in [9.17, 15) is 4.79 Å². The average molecular weight is 242 g/mol. The van der Waals surface area contributed by atoms with E-state index in [2.05, 4.69) is 9.72 Å². The zero-order chi connectivity index (χ0) is 13.1. The molecule has 0 aliphatic carbocycles. The lowest BCUT2D eigenvalue weighted by atomic mass is 10.2. The van der Waals surface area contributed by atoms with Crippen LogP contribution in [0.1, 0.15) is 15.9 Å². The molecular weight excluding hydrogens is 232 g/mol. The molecule has 2 heterocycles. The molecule has 2 N–H and O–H groups in total. The summed E-state index contributed by atoms with van der Waals surface area (Å²) in [5.74, 6) is 0.0254. The van der Waals surface area contributed by atoms with Crippen molar-refractivity contribution in [2.45, 2.75) is 0 Å². The molecule has 0 aliphatic heterocycles. The highest BCUT2D eigenvalue weighted by Gasteiger charge is 2.21. The second-order valence-electron chi connectivity index (χ2n) is 3.46. The third-order valence-electron chi connectivity index (χ3n) is 2.45. The van der Waals surface area contributed by atoms with E-state index >= 15 is 0 Å². The predicted octanol–water partition coefficient (Wildman–Crippen LogP) is 1.11. The highest BCUT2D eigenvalue weighted by Crippen LogP contribution is 2.23. The molecule has 0 spiro atoms. The minimum atomic E-state index is -0.640. The Bertz CT molecular complexity index is 626. The lowest BCUT2D eigenvalue weighted by Gasteiger charge is -2.04. The molecule has 0 amide bonds. The highest BCUT2D eigenvalue weighted by atomic mass is 16.5. The Morgan fingerprint density at radius 3 is 2.89 bits per heavy atom. The smallest absolute Gasteiger partial charge is 0.342 e. The van der Waals surface area contributed by atoms with Crippen LogP contribution in [-0.2, 0) is 4.74 Å². The fourth-order valence-corrected chi connectivity index (χ4v) is 1.61. The Hall–Kier alpha value is -2.81. The van der Waals surface area contributed by atoms with Crippen LogP contribution >= 0.6 is 0 Å². The molecule has 2 aromatic rings. The molecule has 2 rings (SSSR count). The van der Waals surface area contributed by atoms with Crippen LogP contribution in [-0.4, -0.2) is 22.6 Å². The van der Waals surface area contributed by atoms with Crippen molar-refractivity contribution in [3.8, 4) is 11.9 Å². The normalized spacial score (nSPS) is 9.78. The van der Waals surface area contributed by atoms with Crippen LogP contribution in [0.15, 0.2) is 30.6 Å². The van der Waals surface area contributed by atoms with Crippen LogP contribution < -0.4 is 5.73 Å². The molecule has 18 heavy (non-hydrogen) atoms. The van der Waals surface area contributed by atoms with Gasteiger partial charge in [0.25, 0.3) is 0 Å². The number of nitrogen functional groups attached to an aromatic ring is 1. The molecule has 0 fully saturated rings. The molecule has 0 saturated carbocycles. The number of nitriles is 1.